The Bertz CT molecular complexity index is 525. The number of aliphatic hydroxyl groups excluding tert-OH is 1. The van der Waals surface area contributed by atoms with Crippen LogP contribution in [0.1, 0.15) is 25.7 Å². The normalized spacial score (nSPS) is 19.8. The maximum atomic E-state index is 8.99. The van der Waals surface area contributed by atoms with Crippen molar-refractivity contribution in [1.29, 1.82) is 0 Å². The molecule has 0 saturated carbocycles. The lowest BCUT2D eigenvalue weighted by Gasteiger charge is -2.26. The second kappa shape index (κ2) is 5.24. The lowest BCUT2D eigenvalue weighted by molar-refractivity contribution is 0.279. The third kappa shape index (κ3) is 2.10. The van der Waals surface area contributed by atoms with Crippen LogP contribution in [0.25, 0.3) is 10.1 Å². The van der Waals surface area contributed by atoms with E-state index in [0.717, 1.165) is 25.2 Å². The third-order valence-electron chi connectivity index (χ3n) is 3.70. The molecular formula is C14H18N2OS. The van der Waals surface area contributed by atoms with Gasteiger partial charge in [-0.15, -0.1) is 11.3 Å². The van der Waals surface area contributed by atoms with E-state index >= 15 is 0 Å². The van der Waals surface area contributed by atoms with E-state index in [0.29, 0.717) is 12.6 Å². The van der Waals surface area contributed by atoms with Crippen molar-refractivity contribution < 1.29 is 5.11 Å². The molecule has 1 atom stereocenters. The van der Waals surface area contributed by atoms with E-state index < -0.39 is 0 Å². The van der Waals surface area contributed by atoms with Crippen LogP contribution in [-0.2, 0) is 0 Å². The summed E-state index contributed by atoms with van der Waals surface area (Å²) in [4.78, 5) is 7.02. The van der Waals surface area contributed by atoms with Gasteiger partial charge in [-0.05, 0) is 43.2 Å². The number of hydrogen-bond acceptors (Lipinski definition) is 4. The van der Waals surface area contributed by atoms with E-state index in [2.05, 4.69) is 27.4 Å². The summed E-state index contributed by atoms with van der Waals surface area (Å²) < 4.78 is 1.31. The molecule has 1 N–H and O–H groups in total. The summed E-state index contributed by atoms with van der Waals surface area (Å²) in [7, 11) is 0. The molecule has 0 amide bonds. The number of pyridine rings is 1. The minimum atomic E-state index is 0.292. The lowest BCUT2D eigenvalue weighted by Crippen LogP contribution is -2.30. The Balaban J connectivity index is 1.90. The Hall–Kier alpha value is -1.13. The summed E-state index contributed by atoms with van der Waals surface area (Å²) in [5.41, 5.74) is 0. The van der Waals surface area contributed by atoms with Gasteiger partial charge in [0.15, 0.2) is 0 Å². The van der Waals surface area contributed by atoms with Crippen LogP contribution < -0.4 is 4.90 Å². The minimum absolute atomic E-state index is 0.292. The van der Waals surface area contributed by atoms with Gasteiger partial charge in [-0.3, -0.25) is 0 Å². The summed E-state index contributed by atoms with van der Waals surface area (Å²) >= 11 is 1.77. The van der Waals surface area contributed by atoms with Crippen LogP contribution in [0.4, 0.5) is 5.82 Å². The molecule has 1 unspecified atom stereocenters. The molecule has 2 aromatic rings. The summed E-state index contributed by atoms with van der Waals surface area (Å²) in [5, 5.41) is 12.4. The predicted molar refractivity (Wildman–Crippen MR) is 76.3 cm³/mol. The number of hydrogen-bond donors (Lipinski definition) is 1. The van der Waals surface area contributed by atoms with Gasteiger partial charge in [-0.2, -0.15) is 0 Å². The van der Waals surface area contributed by atoms with Crippen molar-refractivity contribution in [2.45, 2.75) is 31.7 Å². The second-order valence-corrected chi connectivity index (χ2v) is 5.77. The molecule has 3 nitrogen and oxygen atoms in total. The quantitative estimate of drug-likeness (QED) is 0.920. The summed E-state index contributed by atoms with van der Waals surface area (Å²) in [6, 6.07) is 4.81. The molecule has 4 heteroatoms. The average molecular weight is 262 g/mol. The summed E-state index contributed by atoms with van der Waals surface area (Å²) in [6.07, 6.45) is 6.33. The van der Waals surface area contributed by atoms with Crippen LogP contribution in [0, 0.1) is 0 Å². The van der Waals surface area contributed by atoms with Crippen LogP contribution in [0.5, 0.6) is 0 Å². The Kier molecular flexibility index (Phi) is 3.48. The maximum absolute atomic E-state index is 8.99. The molecule has 3 rings (SSSR count). The van der Waals surface area contributed by atoms with Gasteiger partial charge in [0.05, 0.1) is 0 Å². The molecule has 0 aromatic carbocycles. The lowest BCUT2D eigenvalue weighted by atomic mass is 10.1. The summed E-state index contributed by atoms with van der Waals surface area (Å²) in [5.74, 6) is 1.13. The number of rotatable bonds is 4. The van der Waals surface area contributed by atoms with Gasteiger partial charge >= 0.3 is 0 Å². The monoisotopic (exact) mass is 262 g/mol. The number of anilines is 1. The molecule has 1 aliphatic rings. The Morgan fingerprint density at radius 3 is 3.28 bits per heavy atom. The molecule has 0 radical (unpaired) electrons. The highest BCUT2D eigenvalue weighted by molar-refractivity contribution is 7.17. The average Bonchev–Trinajstić information content (AvgIpc) is 3.04. The molecule has 18 heavy (non-hydrogen) atoms. The molecule has 0 spiro atoms. The highest BCUT2D eigenvalue weighted by Gasteiger charge is 2.26. The number of aliphatic hydroxyl groups is 1. The van der Waals surface area contributed by atoms with E-state index in [4.69, 9.17) is 5.11 Å². The van der Waals surface area contributed by atoms with Crippen molar-refractivity contribution in [2.24, 2.45) is 0 Å². The third-order valence-corrected chi connectivity index (χ3v) is 4.59. The fourth-order valence-electron chi connectivity index (χ4n) is 2.85. The van der Waals surface area contributed by atoms with E-state index in [1.54, 1.807) is 11.3 Å². The molecular weight excluding hydrogens is 244 g/mol. The number of nitrogens with zero attached hydrogens (tertiary/aromatic N) is 2. The fraction of sp³-hybridized carbons (Fsp3) is 0.500. The molecule has 0 aliphatic carbocycles. The van der Waals surface area contributed by atoms with Crippen LogP contribution >= 0.6 is 11.3 Å². The van der Waals surface area contributed by atoms with E-state index in [9.17, 15) is 0 Å². The van der Waals surface area contributed by atoms with Crippen molar-refractivity contribution >= 4 is 27.2 Å². The molecule has 1 saturated heterocycles. The van der Waals surface area contributed by atoms with Gasteiger partial charge in [0.1, 0.15) is 5.82 Å². The smallest absolute Gasteiger partial charge is 0.137 e. The van der Waals surface area contributed by atoms with Gasteiger partial charge in [0, 0.05) is 35.5 Å². The fourth-order valence-corrected chi connectivity index (χ4v) is 3.63. The highest BCUT2D eigenvalue weighted by atomic mass is 32.1. The van der Waals surface area contributed by atoms with Crippen molar-refractivity contribution in [2.75, 3.05) is 18.1 Å². The Morgan fingerprint density at radius 1 is 1.44 bits per heavy atom. The molecule has 3 heterocycles. The largest absolute Gasteiger partial charge is 0.396 e. The minimum Gasteiger partial charge on any atom is -0.396 e. The highest BCUT2D eigenvalue weighted by Crippen LogP contribution is 2.33. The number of thiophene rings is 1. The van der Waals surface area contributed by atoms with E-state index in [1.165, 1.54) is 22.9 Å². The maximum Gasteiger partial charge on any atom is 0.137 e. The van der Waals surface area contributed by atoms with Crippen LogP contribution in [0.2, 0.25) is 0 Å². The van der Waals surface area contributed by atoms with E-state index in [-0.39, 0.29) is 0 Å². The van der Waals surface area contributed by atoms with Gasteiger partial charge in [0.2, 0.25) is 0 Å². The zero-order chi connectivity index (χ0) is 12.4. The zero-order valence-corrected chi connectivity index (χ0v) is 11.2. The predicted octanol–water partition coefficient (Wildman–Crippen LogP) is 3.04. The Labute approximate surface area is 111 Å². The number of aromatic nitrogens is 1. The first-order valence-electron chi connectivity index (χ1n) is 6.60. The standard InChI is InChI=1S/C14H18N2OS/c17-9-2-4-11-3-1-8-16(11)14-12-6-10-18-13(12)5-7-15-14/h5-7,10-11,17H,1-4,8-9H2. The van der Waals surface area contributed by atoms with Crippen LogP contribution in [-0.4, -0.2) is 29.3 Å². The van der Waals surface area contributed by atoms with Crippen molar-refractivity contribution in [3.05, 3.63) is 23.7 Å². The molecule has 2 aromatic heterocycles. The summed E-state index contributed by atoms with van der Waals surface area (Å²) in [6.45, 7) is 1.39. The second-order valence-electron chi connectivity index (χ2n) is 4.82. The van der Waals surface area contributed by atoms with Crippen LogP contribution in [0.15, 0.2) is 23.7 Å². The Morgan fingerprint density at radius 2 is 2.39 bits per heavy atom. The van der Waals surface area contributed by atoms with Gasteiger partial charge in [0.25, 0.3) is 0 Å². The first-order valence-corrected chi connectivity index (χ1v) is 7.48. The van der Waals surface area contributed by atoms with Gasteiger partial charge < -0.3 is 10.0 Å². The first kappa shape index (κ1) is 11.9. The van der Waals surface area contributed by atoms with Gasteiger partial charge in [-0.1, -0.05) is 0 Å². The van der Waals surface area contributed by atoms with E-state index in [1.807, 2.05) is 6.20 Å². The first-order chi connectivity index (χ1) is 8.90. The zero-order valence-electron chi connectivity index (χ0n) is 10.4. The van der Waals surface area contributed by atoms with Crippen LogP contribution in [0.3, 0.4) is 0 Å². The molecule has 1 fully saturated rings. The van der Waals surface area contributed by atoms with Gasteiger partial charge in [-0.25, -0.2) is 4.98 Å². The van der Waals surface area contributed by atoms with Crippen molar-refractivity contribution in [1.82, 2.24) is 4.98 Å². The molecule has 96 valence electrons. The molecule has 1 aliphatic heterocycles. The number of fused-ring (bicyclic) bond motifs is 1. The van der Waals surface area contributed by atoms with Crippen molar-refractivity contribution in [3.63, 3.8) is 0 Å². The molecule has 0 bridgehead atoms. The van der Waals surface area contributed by atoms with Crippen molar-refractivity contribution in [3.8, 4) is 0 Å². The SMILES string of the molecule is OCCCC1CCCN1c1nccc2sccc12. The topological polar surface area (TPSA) is 36.4 Å².